The summed E-state index contributed by atoms with van der Waals surface area (Å²) in [5, 5.41) is 3.47. The highest BCUT2D eigenvalue weighted by Gasteiger charge is 2.23. The molecule has 0 unspecified atom stereocenters. The number of hydrogen-bond acceptors (Lipinski definition) is 4. The molecule has 0 bridgehead atoms. The van der Waals surface area contributed by atoms with Gasteiger partial charge >= 0.3 is 0 Å². The minimum Gasteiger partial charge on any atom is -0.481 e. The molecule has 0 amide bonds. The largest absolute Gasteiger partial charge is 0.481 e. The van der Waals surface area contributed by atoms with Crippen LogP contribution in [0.2, 0.25) is 0 Å². The number of nitrogens with two attached hydrogens (primary N) is 1. The molecule has 1 aromatic rings. The van der Waals surface area contributed by atoms with E-state index in [-0.39, 0.29) is 5.54 Å². The molecule has 0 atom stereocenters. The van der Waals surface area contributed by atoms with Gasteiger partial charge in [0.1, 0.15) is 0 Å². The van der Waals surface area contributed by atoms with Crippen LogP contribution in [0.3, 0.4) is 0 Å². The molecule has 4 nitrogen and oxygen atoms in total. The van der Waals surface area contributed by atoms with Crippen LogP contribution in [0.4, 0.5) is 5.69 Å². The average molecular weight is 223 g/mol. The molecule has 0 aliphatic carbocycles. The van der Waals surface area contributed by atoms with E-state index in [4.69, 9.17) is 10.5 Å². The molecule has 1 rings (SSSR count). The van der Waals surface area contributed by atoms with Crippen LogP contribution in [0.15, 0.2) is 18.3 Å². The summed E-state index contributed by atoms with van der Waals surface area (Å²) in [6.07, 6.45) is 3.71. The summed E-state index contributed by atoms with van der Waals surface area (Å²) in [4.78, 5) is 4.07. The first-order valence-corrected chi connectivity index (χ1v) is 5.68. The van der Waals surface area contributed by atoms with Gasteiger partial charge in [0.2, 0.25) is 5.88 Å². The van der Waals surface area contributed by atoms with E-state index in [0.717, 1.165) is 18.5 Å². The van der Waals surface area contributed by atoms with Gasteiger partial charge in [-0.3, -0.25) is 0 Å². The summed E-state index contributed by atoms with van der Waals surface area (Å²) in [6, 6.07) is 3.81. The van der Waals surface area contributed by atoms with Gasteiger partial charge in [-0.2, -0.15) is 0 Å². The fraction of sp³-hybridized carbons (Fsp3) is 0.583. The van der Waals surface area contributed by atoms with Gasteiger partial charge in [-0.05, 0) is 18.9 Å². The van der Waals surface area contributed by atoms with Crippen molar-refractivity contribution in [2.24, 2.45) is 5.73 Å². The molecule has 3 N–H and O–H groups in total. The Kier molecular flexibility index (Phi) is 4.55. The van der Waals surface area contributed by atoms with Crippen LogP contribution in [-0.2, 0) is 0 Å². The number of aromatic nitrogens is 1. The van der Waals surface area contributed by atoms with Crippen LogP contribution in [0.1, 0.15) is 26.7 Å². The second-order valence-electron chi connectivity index (χ2n) is 3.90. The highest BCUT2D eigenvalue weighted by atomic mass is 16.5. The van der Waals surface area contributed by atoms with Crippen molar-refractivity contribution in [1.29, 1.82) is 0 Å². The van der Waals surface area contributed by atoms with Crippen molar-refractivity contribution in [2.45, 2.75) is 32.2 Å². The van der Waals surface area contributed by atoms with Crippen molar-refractivity contribution in [3.05, 3.63) is 18.3 Å². The molecular formula is C12H21N3O. The average Bonchev–Trinajstić information content (AvgIpc) is 2.36. The first-order chi connectivity index (χ1) is 7.69. The molecule has 90 valence electrons. The standard InChI is InChI=1S/C12H21N3O/c1-4-12(5-2,9-13)15-10-6-7-14-11(8-10)16-3/h6-8H,4-5,9,13H2,1-3H3,(H,14,15). The number of anilines is 1. The Hall–Kier alpha value is -1.29. The maximum atomic E-state index is 5.84. The lowest BCUT2D eigenvalue weighted by atomic mass is 9.92. The van der Waals surface area contributed by atoms with E-state index in [0.29, 0.717) is 12.4 Å². The Labute approximate surface area is 97.2 Å². The van der Waals surface area contributed by atoms with Crippen LogP contribution in [0.25, 0.3) is 0 Å². The molecule has 1 heterocycles. The van der Waals surface area contributed by atoms with Gasteiger partial charge in [0.25, 0.3) is 0 Å². The zero-order valence-electron chi connectivity index (χ0n) is 10.3. The zero-order chi connectivity index (χ0) is 12.0. The Bertz CT molecular complexity index is 316. The van der Waals surface area contributed by atoms with Crippen molar-refractivity contribution >= 4 is 5.69 Å². The first-order valence-electron chi connectivity index (χ1n) is 5.68. The summed E-state index contributed by atoms with van der Waals surface area (Å²) < 4.78 is 5.09. The maximum absolute atomic E-state index is 5.84. The van der Waals surface area contributed by atoms with Crippen LogP contribution in [0.5, 0.6) is 5.88 Å². The Morgan fingerprint density at radius 1 is 1.44 bits per heavy atom. The second-order valence-corrected chi connectivity index (χ2v) is 3.90. The van der Waals surface area contributed by atoms with Crippen LogP contribution >= 0.6 is 0 Å². The fourth-order valence-electron chi connectivity index (χ4n) is 1.67. The van der Waals surface area contributed by atoms with Gasteiger partial charge in [0.15, 0.2) is 0 Å². The minimum atomic E-state index is -0.0354. The van der Waals surface area contributed by atoms with Crippen molar-refractivity contribution in [1.82, 2.24) is 4.98 Å². The Balaban J connectivity index is 2.84. The third kappa shape index (κ3) is 2.85. The minimum absolute atomic E-state index is 0.0354. The molecular weight excluding hydrogens is 202 g/mol. The molecule has 0 fully saturated rings. The van der Waals surface area contributed by atoms with Crippen LogP contribution < -0.4 is 15.8 Å². The van der Waals surface area contributed by atoms with Gasteiger partial charge in [-0.1, -0.05) is 13.8 Å². The van der Waals surface area contributed by atoms with Crippen molar-refractivity contribution < 1.29 is 4.74 Å². The van der Waals surface area contributed by atoms with E-state index in [9.17, 15) is 0 Å². The molecule has 0 spiro atoms. The molecule has 0 aliphatic heterocycles. The number of ether oxygens (including phenoxy) is 1. The summed E-state index contributed by atoms with van der Waals surface area (Å²) in [6.45, 7) is 4.90. The predicted octanol–water partition coefficient (Wildman–Crippen LogP) is 2.02. The predicted molar refractivity (Wildman–Crippen MR) is 66.8 cm³/mol. The van der Waals surface area contributed by atoms with Crippen molar-refractivity contribution in [3.63, 3.8) is 0 Å². The lowest BCUT2D eigenvalue weighted by molar-refractivity contribution is 0.397. The van der Waals surface area contributed by atoms with Gasteiger partial charge in [0.05, 0.1) is 7.11 Å². The molecule has 1 aromatic heterocycles. The van der Waals surface area contributed by atoms with E-state index in [1.807, 2.05) is 12.1 Å². The van der Waals surface area contributed by atoms with E-state index < -0.39 is 0 Å². The van der Waals surface area contributed by atoms with Gasteiger partial charge in [0, 0.05) is 30.0 Å². The topological polar surface area (TPSA) is 60.2 Å². The number of rotatable bonds is 6. The van der Waals surface area contributed by atoms with E-state index in [2.05, 4.69) is 24.1 Å². The lowest BCUT2D eigenvalue weighted by Gasteiger charge is -2.32. The second kappa shape index (κ2) is 5.70. The van der Waals surface area contributed by atoms with Gasteiger partial charge in [-0.25, -0.2) is 4.98 Å². The van der Waals surface area contributed by atoms with Crippen molar-refractivity contribution in [3.8, 4) is 5.88 Å². The third-order valence-corrected chi connectivity index (χ3v) is 3.10. The summed E-state index contributed by atoms with van der Waals surface area (Å²) in [5.41, 5.74) is 6.80. The molecule has 0 saturated carbocycles. The highest BCUT2D eigenvalue weighted by Crippen LogP contribution is 2.22. The molecule has 0 aliphatic rings. The Morgan fingerprint density at radius 2 is 2.12 bits per heavy atom. The quantitative estimate of drug-likeness (QED) is 0.774. The smallest absolute Gasteiger partial charge is 0.214 e. The SMILES string of the molecule is CCC(CC)(CN)Nc1ccnc(OC)c1. The molecule has 0 saturated heterocycles. The number of pyridine rings is 1. The first kappa shape index (κ1) is 12.8. The molecule has 16 heavy (non-hydrogen) atoms. The zero-order valence-corrected chi connectivity index (χ0v) is 10.3. The summed E-state index contributed by atoms with van der Waals surface area (Å²) >= 11 is 0. The van der Waals surface area contributed by atoms with Gasteiger partial charge in [-0.15, -0.1) is 0 Å². The van der Waals surface area contributed by atoms with Gasteiger partial charge < -0.3 is 15.8 Å². The lowest BCUT2D eigenvalue weighted by Crippen LogP contribution is -2.44. The summed E-state index contributed by atoms with van der Waals surface area (Å²) in [7, 11) is 1.61. The number of hydrogen-bond donors (Lipinski definition) is 2. The maximum Gasteiger partial charge on any atom is 0.214 e. The molecule has 0 radical (unpaired) electrons. The molecule has 4 heteroatoms. The van der Waals surface area contributed by atoms with Crippen LogP contribution in [0, 0.1) is 0 Å². The fourth-order valence-corrected chi connectivity index (χ4v) is 1.67. The number of methoxy groups -OCH3 is 1. The monoisotopic (exact) mass is 223 g/mol. The van der Waals surface area contributed by atoms with Crippen molar-refractivity contribution in [2.75, 3.05) is 19.0 Å². The third-order valence-electron chi connectivity index (χ3n) is 3.10. The van der Waals surface area contributed by atoms with E-state index in [1.165, 1.54) is 0 Å². The van der Waals surface area contributed by atoms with Crippen LogP contribution in [-0.4, -0.2) is 24.2 Å². The normalized spacial score (nSPS) is 11.2. The highest BCUT2D eigenvalue weighted by molar-refractivity contribution is 5.47. The Morgan fingerprint density at radius 3 is 2.62 bits per heavy atom. The summed E-state index contributed by atoms with van der Waals surface area (Å²) in [5.74, 6) is 0.614. The van der Waals surface area contributed by atoms with E-state index >= 15 is 0 Å². The number of nitrogens with one attached hydrogen (secondary N) is 1. The van der Waals surface area contributed by atoms with E-state index in [1.54, 1.807) is 13.3 Å². The number of nitrogens with zero attached hydrogens (tertiary/aromatic N) is 1. The molecule has 0 aromatic carbocycles.